The molecule has 0 aliphatic carbocycles. The van der Waals surface area contributed by atoms with Gasteiger partial charge in [0.15, 0.2) is 0 Å². The highest BCUT2D eigenvalue weighted by atomic mass is 32.9. The van der Waals surface area contributed by atoms with E-state index >= 15 is 0 Å². The van der Waals surface area contributed by atoms with Gasteiger partial charge in [-0.2, -0.15) is 0 Å². The van der Waals surface area contributed by atoms with Gasteiger partial charge in [0.05, 0.1) is 18.6 Å². The number of thiol groups is 1. The van der Waals surface area contributed by atoms with E-state index in [1.165, 1.54) is 10.9 Å². The summed E-state index contributed by atoms with van der Waals surface area (Å²) in [6.07, 6.45) is 0. The van der Waals surface area contributed by atoms with E-state index in [2.05, 4.69) is 35.9 Å². The molecule has 2 nitrogen and oxygen atoms in total. The SMILES string of the molecule is Cc1ccc(P(=S)(S)N2CCOCC2)cc1. The first kappa shape index (κ1) is 12.6. The number of hydrogen-bond donors (Lipinski definition) is 1. The lowest BCUT2D eigenvalue weighted by Gasteiger charge is -2.34. The predicted molar refractivity (Wildman–Crippen MR) is 76.5 cm³/mol. The Morgan fingerprint density at radius 1 is 1.25 bits per heavy atom. The van der Waals surface area contributed by atoms with E-state index < -0.39 is 5.39 Å². The fraction of sp³-hybridized carbons (Fsp3) is 0.455. The number of morpholine rings is 1. The van der Waals surface area contributed by atoms with Gasteiger partial charge in [-0.3, -0.25) is 4.67 Å². The van der Waals surface area contributed by atoms with Crippen LogP contribution in [0.2, 0.25) is 0 Å². The number of nitrogens with zero attached hydrogens (tertiary/aromatic N) is 1. The molecule has 0 bridgehead atoms. The Balaban J connectivity index is 2.23. The fourth-order valence-corrected chi connectivity index (χ4v) is 5.09. The topological polar surface area (TPSA) is 12.5 Å². The highest BCUT2D eigenvalue weighted by Crippen LogP contribution is 2.53. The summed E-state index contributed by atoms with van der Waals surface area (Å²) in [6, 6.07) is 8.43. The summed E-state index contributed by atoms with van der Waals surface area (Å²) in [5, 5.41) is -0.680. The molecule has 1 aliphatic rings. The quantitative estimate of drug-likeness (QED) is 0.655. The minimum Gasteiger partial charge on any atom is -0.379 e. The number of ether oxygens (including phenoxy) is 1. The van der Waals surface area contributed by atoms with Crippen LogP contribution in [0.4, 0.5) is 0 Å². The third-order valence-electron chi connectivity index (χ3n) is 2.74. The van der Waals surface area contributed by atoms with Crippen LogP contribution in [0.15, 0.2) is 24.3 Å². The van der Waals surface area contributed by atoms with Gasteiger partial charge >= 0.3 is 0 Å². The van der Waals surface area contributed by atoms with Gasteiger partial charge in [-0.25, -0.2) is 0 Å². The Labute approximate surface area is 107 Å². The van der Waals surface area contributed by atoms with Crippen molar-refractivity contribution in [2.45, 2.75) is 6.92 Å². The minimum absolute atomic E-state index is 0.769. The van der Waals surface area contributed by atoms with Crippen molar-refractivity contribution in [3.05, 3.63) is 29.8 Å². The van der Waals surface area contributed by atoms with E-state index in [0.717, 1.165) is 26.3 Å². The molecule has 1 aromatic rings. The number of rotatable bonds is 2. The van der Waals surface area contributed by atoms with Crippen LogP contribution in [0.1, 0.15) is 5.56 Å². The molecule has 1 unspecified atom stereocenters. The molecule has 1 saturated heterocycles. The summed E-state index contributed by atoms with van der Waals surface area (Å²) < 4.78 is 7.64. The summed E-state index contributed by atoms with van der Waals surface area (Å²) in [7, 11) is 0. The number of hydrogen-bond acceptors (Lipinski definition) is 2. The molecule has 0 saturated carbocycles. The molecule has 88 valence electrons. The molecule has 2 rings (SSSR count). The molecule has 1 heterocycles. The van der Waals surface area contributed by atoms with Gasteiger partial charge in [0.1, 0.15) is 0 Å². The van der Waals surface area contributed by atoms with Crippen LogP contribution in [-0.2, 0) is 16.5 Å². The molecule has 0 aromatic heterocycles. The van der Waals surface area contributed by atoms with E-state index in [4.69, 9.17) is 28.8 Å². The number of benzene rings is 1. The van der Waals surface area contributed by atoms with E-state index in [1.54, 1.807) is 0 Å². The second-order valence-electron chi connectivity index (χ2n) is 3.95. The lowest BCUT2D eigenvalue weighted by atomic mass is 10.2. The van der Waals surface area contributed by atoms with Crippen molar-refractivity contribution in [3.8, 4) is 0 Å². The second-order valence-corrected chi connectivity index (χ2v) is 10.2. The van der Waals surface area contributed by atoms with Crippen LogP contribution in [0.3, 0.4) is 0 Å². The van der Waals surface area contributed by atoms with E-state index in [9.17, 15) is 0 Å². The van der Waals surface area contributed by atoms with Gasteiger partial charge < -0.3 is 4.74 Å². The van der Waals surface area contributed by atoms with Crippen molar-refractivity contribution in [2.75, 3.05) is 26.3 Å². The Morgan fingerprint density at radius 3 is 2.38 bits per heavy atom. The first-order valence-corrected chi connectivity index (χ1v) is 9.25. The highest BCUT2D eigenvalue weighted by molar-refractivity contribution is 8.65. The lowest BCUT2D eigenvalue weighted by molar-refractivity contribution is 0.0758. The Kier molecular flexibility index (Phi) is 4.09. The van der Waals surface area contributed by atoms with Crippen molar-refractivity contribution in [1.82, 2.24) is 4.67 Å². The second kappa shape index (κ2) is 5.19. The summed E-state index contributed by atoms with van der Waals surface area (Å²) in [5.41, 5.74) is 1.26. The molecule has 1 atom stereocenters. The average molecular weight is 273 g/mol. The van der Waals surface area contributed by atoms with E-state index in [0.29, 0.717) is 0 Å². The van der Waals surface area contributed by atoms with Crippen LogP contribution < -0.4 is 5.30 Å². The Hall–Kier alpha value is 0.140. The van der Waals surface area contributed by atoms with Crippen LogP contribution >= 0.6 is 17.6 Å². The maximum Gasteiger partial charge on any atom is 0.0924 e. The predicted octanol–water partition coefficient (Wildman–Crippen LogP) is 2.19. The summed E-state index contributed by atoms with van der Waals surface area (Å²) in [6.45, 7) is 5.42. The smallest absolute Gasteiger partial charge is 0.0924 e. The molecule has 0 amide bonds. The first-order valence-electron chi connectivity index (χ1n) is 5.34. The minimum atomic E-state index is -1.86. The molecule has 0 N–H and O–H groups in total. The average Bonchev–Trinajstić information content (AvgIpc) is 2.31. The Bertz CT molecular complexity index is 401. The molecular formula is C11H16NOPS2. The van der Waals surface area contributed by atoms with Crippen LogP contribution in [0, 0.1) is 6.92 Å². The van der Waals surface area contributed by atoms with Gasteiger partial charge in [0.2, 0.25) is 0 Å². The van der Waals surface area contributed by atoms with E-state index in [1.807, 2.05) is 0 Å². The standard InChI is InChI=1S/C11H16NOPS2/c1-10-2-4-11(5-3-10)14(15,16)12-6-8-13-9-7-12/h2-5H,6-9H2,1H3,(H,15,16). The zero-order valence-corrected chi connectivity index (χ0v) is 11.9. The molecule has 5 heteroatoms. The molecule has 1 aromatic carbocycles. The van der Waals surface area contributed by atoms with Crippen LogP contribution in [0.25, 0.3) is 0 Å². The monoisotopic (exact) mass is 273 g/mol. The molecule has 0 spiro atoms. The maximum absolute atomic E-state index is 5.72. The van der Waals surface area contributed by atoms with Gasteiger partial charge in [-0.1, -0.05) is 41.6 Å². The lowest BCUT2D eigenvalue weighted by Crippen LogP contribution is -2.35. The summed E-state index contributed by atoms with van der Waals surface area (Å²) in [5.74, 6) is 0. The molecule has 0 radical (unpaired) electrons. The summed E-state index contributed by atoms with van der Waals surface area (Å²) >= 11 is 10.5. The largest absolute Gasteiger partial charge is 0.379 e. The van der Waals surface area contributed by atoms with Crippen molar-refractivity contribution in [1.29, 1.82) is 0 Å². The zero-order valence-electron chi connectivity index (χ0n) is 9.30. The normalized spacial score (nSPS) is 21.6. The van der Waals surface area contributed by atoms with Crippen molar-refractivity contribution >= 4 is 34.8 Å². The molecular weight excluding hydrogens is 257 g/mol. The zero-order chi connectivity index (χ0) is 11.6. The van der Waals surface area contributed by atoms with Crippen LogP contribution in [-0.4, -0.2) is 31.0 Å². The van der Waals surface area contributed by atoms with Crippen molar-refractivity contribution in [3.63, 3.8) is 0 Å². The van der Waals surface area contributed by atoms with Gasteiger partial charge in [-0.15, -0.1) is 12.2 Å². The van der Waals surface area contributed by atoms with Crippen LogP contribution in [0.5, 0.6) is 0 Å². The first-order chi connectivity index (χ1) is 7.60. The van der Waals surface area contributed by atoms with E-state index in [-0.39, 0.29) is 0 Å². The van der Waals surface area contributed by atoms with Gasteiger partial charge in [0, 0.05) is 18.4 Å². The molecule has 1 aliphatic heterocycles. The number of aryl methyl sites for hydroxylation is 1. The molecule has 16 heavy (non-hydrogen) atoms. The maximum atomic E-state index is 5.72. The van der Waals surface area contributed by atoms with Crippen molar-refractivity contribution < 1.29 is 4.74 Å². The highest BCUT2D eigenvalue weighted by Gasteiger charge is 2.25. The molecule has 1 fully saturated rings. The third-order valence-corrected chi connectivity index (χ3v) is 7.66. The Morgan fingerprint density at radius 2 is 1.81 bits per heavy atom. The third kappa shape index (κ3) is 2.69. The van der Waals surface area contributed by atoms with Gasteiger partial charge in [-0.05, 0) is 6.92 Å². The summed E-state index contributed by atoms with van der Waals surface area (Å²) in [4.78, 5) is 0. The van der Waals surface area contributed by atoms with Crippen molar-refractivity contribution in [2.24, 2.45) is 0 Å². The fourth-order valence-electron chi connectivity index (χ4n) is 1.73. The van der Waals surface area contributed by atoms with Gasteiger partial charge in [0.25, 0.3) is 0 Å².